The molecule has 3 atom stereocenters. The molecular weight excluding hydrogens is 1100 g/mol. The van der Waals surface area contributed by atoms with E-state index in [1.165, 1.54) is 238 Å². The SMILES string of the molecule is CCCCC/C=C\C/C=C\C/C=C\C/C=C\CCCCCCCC(=O)OC(/C=C/CCCCCCCCCCCCC)C(COP(=O)(O)OCC[N+](C)(C)C)NC(=O)CCCCCCCCCCCCCCCCCCCCCCCCCCCCC. The summed E-state index contributed by atoms with van der Waals surface area (Å²) in [5.41, 5.74) is 0. The molecule has 0 spiro atoms. The maximum Gasteiger partial charge on any atom is 0.472 e. The number of nitrogens with one attached hydrogen (secondary N) is 1. The second kappa shape index (κ2) is 66.6. The molecule has 510 valence electrons. The van der Waals surface area contributed by atoms with Crippen LogP contribution in [0.25, 0.3) is 0 Å². The lowest BCUT2D eigenvalue weighted by Crippen LogP contribution is -2.47. The number of hydrogen-bond donors (Lipinski definition) is 2. The average Bonchev–Trinajstić information content (AvgIpc) is 3.70. The normalized spacial score (nSPS) is 13.8. The molecule has 1 amide bonds. The summed E-state index contributed by atoms with van der Waals surface area (Å²) in [4.78, 5) is 38.0. The van der Waals surface area contributed by atoms with Crippen molar-refractivity contribution in [1.29, 1.82) is 0 Å². The Labute approximate surface area is 541 Å². The largest absolute Gasteiger partial charge is 0.472 e. The fourth-order valence-electron chi connectivity index (χ4n) is 11.2. The molecule has 0 aliphatic heterocycles. The van der Waals surface area contributed by atoms with Crippen LogP contribution in [0.1, 0.15) is 367 Å². The van der Waals surface area contributed by atoms with Gasteiger partial charge in [0.2, 0.25) is 5.91 Å². The topological polar surface area (TPSA) is 111 Å². The number of rotatable bonds is 69. The molecule has 9 nitrogen and oxygen atoms in total. The van der Waals surface area contributed by atoms with Crippen LogP contribution >= 0.6 is 7.82 Å². The highest BCUT2D eigenvalue weighted by molar-refractivity contribution is 7.47. The van der Waals surface area contributed by atoms with Gasteiger partial charge in [0.1, 0.15) is 19.3 Å². The average molecular weight is 1240 g/mol. The van der Waals surface area contributed by atoms with Crippen molar-refractivity contribution in [1.82, 2.24) is 5.32 Å². The van der Waals surface area contributed by atoms with Gasteiger partial charge in [-0.3, -0.25) is 18.6 Å². The van der Waals surface area contributed by atoms with Crippen LogP contribution in [0, 0.1) is 0 Å². The van der Waals surface area contributed by atoms with Crippen LogP contribution in [0.15, 0.2) is 60.8 Å². The van der Waals surface area contributed by atoms with Gasteiger partial charge in [0, 0.05) is 12.8 Å². The maximum atomic E-state index is 13.6. The number of hydrogen-bond acceptors (Lipinski definition) is 6. The Balaban J connectivity index is 5.03. The second-order valence-electron chi connectivity index (χ2n) is 26.8. The third-order valence-corrected chi connectivity index (χ3v) is 17.9. The quantitative estimate of drug-likeness (QED) is 0.0205. The molecule has 0 aromatic rings. The number of ether oxygens (including phenoxy) is 1. The van der Waals surface area contributed by atoms with Crippen molar-refractivity contribution in [3.05, 3.63) is 60.8 Å². The van der Waals surface area contributed by atoms with Gasteiger partial charge in [0.15, 0.2) is 0 Å². The first-order chi connectivity index (χ1) is 42.4. The van der Waals surface area contributed by atoms with Crippen molar-refractivity contribution in [2.24, 2.45) is 0 Å². The Hall–Kier alpha value is -2.29. The van der Waals surface area contributed by atoms with Gasteiger partial charge in [-0.05, 0) is 76.7 Å². The first-order valence-corrected chi connectivity index (χ1v) is 39.1. The highest BCUT2D eigenvalue weighted by atomic mass is 31.2. The fourth-order valence-corrected chi connectivity index (χ4v) is 11.9. The number of allylic oxidation sites excluding steroid dienone is 9. The van der Waals surface area contributed by atoms with Crippen molar-refractivity contribution in [2.75, 3.05) is 40.9 Å². The third-order valence-electron chi connectivity index (χ3n) is 17.0. The number of unbranched alkanes of at least 4 members (excludes halogenated alkanes) is 45. The second-order valence-corrected chi connectivity index (χ2v) is 28.3. The third kappa shape index (κ3) is 67.9. The summed E-state index contributed by atoms with van der Waals surface area (Å²) in [5.74, 6) is -0.510. The van der Waals surface area contributed by atoms with Gasteiger partial charge in [-0.1, -0.05) is 339 Å². The van der Waals surface area contributed by atoms with E-state index in [9.17, 15) is 19.0 Å². The smallest absolute Gasteiger partial charge is 0.456 e. The molecule has 3 unspecified atom stereocenters. The van der Waals surface area contributed by atoms with E-state index in [1.807, 2.05) is 33.3 Å². The molecule has 0 saturated heterocycles. The minimum absolute atomic E-state index is 0.0375. The highest BCUT2D eigenvalue weighted by Gasteiger charge is 2.30. The molecule has 87 heavy (non-hydrogen) atoms. The van der Waals surface area contributed by atoms with E-state index in [4.69, 9.17) is 13.8 Å². The molecule has 10 heteroatoms. The number of phosphoric ester groups is 1. The van der Waals surface area contributed by atoms with Crippen molar-refractivity contribution in [2.45, 2.75) is 380 Å². The Morgan fingerprint density at radius 3 is 1.07 bits per heavy atom. The predicted octanol–water partition coefficient (Wildman–Crippen LogP) is 24.1. The maximum absolute atomic E-state index is 13.6. The molecule has 0 aliphatic carbocycles. The van der Waals surface area contributed by atoms with Gasteiger partial charge in [-0.25, -0.2) is 4.57 Å². The summed E-state index contributed by atoms with van der Waals surface area (Å²) in [6.45, 7) is 7.03. The first kappa shape index (κ1) is 84.7. The van der Waals surface area contributed by atoms with Crippen molar-refractivity contribution in [3.8, 4) is 0 Å². The van der Waals surface area contributed by atoms with Gasteiger partial charge in [0.25, 0.3) is 0 Å². The van der Waals surface area contributed by atoms with Gasteiger partial charge < -0.3 is 19.4 Å². The van der Waals surface area contributed by atoms with Crippen LogP contribution in [0.5, 0.6) is 0 Å². The Morgan fingerprint density at radius 2 is 0.701 bits per heavy atom. The molecule has 0 aromatic carbocycles. The highest BCUT2D eigenvalue weighted by Crippen LogP contribution is 2.43. The molecule has 0 aliphatic rings. The summed E-state index contributed by atoms with van der Waals surface area (Å²) < 4.78 is 30.9. The standard InChI is InChI=1S/C77H145N2O7P/c1-7-10-13-16-19-22-25-28-30-32-34-36-37-38-39-40-41-43-44-46-48-51-54-57-60-63-66-69-76(80)78-74(73-85-87(82,83)84-72-71-79(4,5)6)75(68-65-62-59-56-53-50-27-24-21-18-15-12-9-3)86-77(81)70-67-64-61-58-55-52-49-47-45-42-35-33-31-29-26-23-20-17-14-11-8-2/h20,23,29,31,35,42,47,49,65,68,74-75H,7-19,21-22,24-28,30,32-34,36-41,43-46,48,50-64,66-67,69-73H2,1-6H3,(H-,78,80,82,83)/p+1/b23-20-,31-29-,42-35-,49-47-,68-65+. The number of nitrogens with zero attached hydrogens (tertiary/aromatic N) is 1. The minimum Gasteiger partial charge on any atom is -0.456 e. The lowest BCUT2D eigenvalue weighted by atomic mass is 10.0. The van der Waals surface area contributed by atoms with E-state index in [0.717, 1.165) is 96.3 Å². The molecule has 0 aromatic heterocycles. The van der Waals surface area contributed by atoms with Crippen LogP contribution in [0.3, 0.4) is 0 Å². The Bertz CT molecular complexity index is 1670. The summed E-state index contributed by atoms with van der Waals surface area (Å²) >= 11 is 0. The Kier molecular flexibility index (Phi) is 64.9. The Morgan fingerprint density at radius 1 is 0.402 bits per heavy atom. The summed E-state index contributed by atoms with van der Waals surface area (Å²) in [6.07, 6.45) is 86.7. The summed E-state index contributed by atoms with van der Waals surface area (Å²) in [5, 5.41) is 3.08. The van der Waals surface area contributed by atoms with E-state index in [2.05, 4.69) is 74.7 Å². The minimum atomic E-state index is -4.46. The molecule has 0 saturated carbocycles. The number of likely N-dealkylation sites (N-methyl/N-ethyl adjacent to an activating group) is 1. The number of phosphoric acid groups is 1. The molecule has 0 bridgehead atoms. The van der Waals surface area contributed by atoms with Crippen molar-refractivity contribution >= 4 is 19.7 Å². The molecule has 0 heterocycles. The zero-order chi connectivity index (χ0) is 63.5. The van der Waals surface area contributed by atoms with Crippen molar-refractivity contribution in [3.63, 3.8) is 0 Å². The lowest BCUT2D eigenvalue weighted by molar-refractivity contribution is -0.870. The van der Waals surface area contributed by atoms with Crippen LogP contribution in [-0.2, 0) is 27.9 Å². The van der Waals surface area contributed by atoms with E-state index in [0.29, 0.717) is 17.4 Å². The number of carbonyl (C=O) groups is 2. The van der Waals surface area contributed by atoms with Gasteiger partial charge >= 0.3 is 13.8 Å². The van der Waals surface area contributed by atoms with Crippen LogP contribution in [-0.4, -0.2) is 74.3 Å². The van der Waals surface area contributed by atoms with E-state index >= 15 is 0 Å². The number of esters is 1. The first-order valence-electron chi connectivity index (χ1n) is 37.6. The molecule has 0 radical (unpaired) electrons. The number of quaternary nitrogens is 1. The predicted molar refractivity (Wildman–Crippen MR) is 378 cm³/mol. The van der Waals surface area contributed by atoms with Crippen LogP contribution in [0.2, 0.25) is 0 Å². The lowest BCUT2D eigenvalue weighted by Gasteiger charge is -2.27. The van der Waals surface area contributed by atoms with E-state index in [-0.39, 0.29) is 31.5 Å². The van der Waals surface area contributed by atoms with Gasteiger partial charge in [-0.2, -0.15) is 0 Å². The molecule has 2 N–H and O–H groups in total. The zero-order valence-electron chi connectivity index (χ0n) is 58.5. The van der Waals surface area contributed by atoms with Crippen LogP contribution in [0.4, 0.5) is 0 Å². The summed E-state index contributed by atoms with van der Waals surface area (Å²) in [7, 11) is 1.50. The number of carbonyl (C=O) groups excluding carboxylic acids is 2. The zero-order valence-corrected chi connectivity index (χ0v) is 59.4. The van der Waals surface area contributed by atoms with Gasteiger partial charge in [-0.15, -0.1) is 0 Å². The number of amides is 1. The fraction of sp³-hybridized carbons (Fsp3) is 0.844. The summed E-state index contributed by atoms with van der Waals surface area (Å²) in [6, 6.07) is -0.857. The van der Waals surface area contributed by atoms with Gasteiger partial charge in [0.05, 0.1) is 33.8 Å². The molecular formula is C77H146N2O7P+. The van der Waals surface area contributed by atoms with Crippen molar-refractivity contribution < 1.29 is 37.3 Å². The van der Waals surface area contributed by atoms with E-state index < -0.39 is 20.0 Å². The molecule has 0 rings (SSSR count). The van der Waals surface area contributed by atoms with Crippen LogP contribution < -0.4 is 5.32 Å². The molecule has 0 fully saturated rings. The monoisotopic (exact) mass is 1240 g/mol. The van der Waals surface area contributed by atoms with E-state index in [1.54, 1.807) is 0 Å².